The molecular weight excluding hydrogens is 266 g/mol. The molecule has 0 saturated heterocycles. The summed E-state index contributed by atoms with van der Waals surface area (Å²) in [7, 11) is 1.64. The molecule has 1 amide bonds. The predicted molar refractivity (Wildman–Crippen MR) is 76.7 cm³/mol. The first-order chi connectivity index (χ1) is 8.73. The number of likely N-dealkylation sites (N-methyl/N-ethyl adjacent to an activating group) is 1. The van der Waals surface area contributed by atoms with E-state index in [0.717, 1.165) is 0 Å². The van der Waals surface area contributed by atoms with E-state index in [4.69, 9.17) is 11.6 Å². The molecule has 0 atom stereocenters. The van der Waals surface area contributed by atoms with E-state index >= 15 is 0 Å². The van der Waals surface area contributed by atoms with Crippen LogP contribution in [0.2, 0.25) is 5.15 Å². The van der Waals surface area contributed by atoms with Crippen molar-refractivity contribution in [3.63, 3.8) is 0 Å². The van der Waals surface area contributed by atoms with Crippen LogP contribution in [0.5, 0.6) is 0 Å². The Balaban J connectivity index is 2.92. The third-order valence-electron chi connectivity index (χ3n) is 2.37. The molecular formula is C13H20ClN3O2. The Kier molecular flexibility index (Phi) is 5.14. The molecule has 5 nitrogen and oxygen atoms in total. The summed E-state index contributed by atoms with van der Waals surface area (Å²) in [5.41, 5.74) is -0.492. The molecule has 0 saturated carbocycles. The molecule has 0 aliphatic carbocycles. The number of anilines is 1. The normalized spacial score (nSPS) is 11.3. The van der Waals surface area contributed by atoms with Crippen molar-refractivity contribution in [2.75, 3.05) is 25.5 Å². The highest BCUT2D eigenvalue weighted by Gasteiger charge is 2.21. The molecule has 0 bridgehead atoms. The number of hydrogen-bond acceptors (Lipinski definition) is 4. The Morgan fingerprint density at radius 3 is 2.68 bits per heavy atom. The third kappa shape index (κ3) is 5.04. The van der Waals surface area contributed by atoms with Gasteiger partial charge in [-0.15, -0.1) is 0 Å². The number of amides is 1. The number of aromatic nitrogens is 1. The Labute approximate surface area is 118 Å². The summed E-state index contributed by atoms with van der Waals surface area (Å²) < 4.78 is 0. The number of rotatable bonds is 5. The topological polar surface area (TPSA) is 65.5 Å². The van der Waals surface area contributed by atoms with E-state index in [-0.39, 0.29) is 17.6 Å². The summed E-state index contributed by atoms with van der Waals surface area (Å²) in [6.45, 7) is 6.17. The first-order valence-corrected chi connectivity index (χ1v) is 6.50. The molecule has 0 aromatic carbocycles. The molecule has 0 unspecified atom stereocenters. The zero-order valence-corrected chi connectivity index (χ0v) is 12.5. The van der Waals surface area contributed by atoms with Crippen molar-refractivity contribution >= 4 is 23.3 Å². The fourth-order valence-corrected chi connectivity index (χ4v) is 1.97. The summed E-state index contributed by atoms with van der Waals surface area (Å²) in [6.07, 6.45) is 0. The lowest BCUT2D eigenvalue weighted by Gasteiger charge is -2.25. The van der Waals surface area contributed by atoms with Crippen molar-refractivity contribution in [1.29, 1.82) is 0 Å². The van der Waals surface area contributed by atoms with E-state index in [1.54, 1.807) is 27.0 Å². The van der Waals surface area contributed by atoms with Gasteiger partial charge in [-0.05, 0) is 32.9 Å². The van der Waals surface area contributed by atoms with E-state index < -0.39 is 5.60 Å². The molecule has 1 aromatic rings. The second-order valence-corrected chi connectivity index (χ2v) is 5.46. The van der Waals surface area contributed by atoms with Gasteiger partial charge in [-0.2, -0.15) is 0 Å². The van der Waals surface area contributed by atoms with Crippen LogP contribution < -0.4 is 5.32 Å². The Hall–Kier alpha value is -1.33. The second kappa shape index (κ2) is 6.21. The van der Waals surface area contributed by atoms with Crippen LogP contribution in [0.3, 0.4) is 0 Å². The van der Waals surface area contributed by atoms with Gasteiger partial charge in [-0.25, -0.2) is 4.98 Å². The highest BCUT2D eigenvalue weighted by atomic mass is 35.5. The van der Waals surface area contributed by atoms with Gasteiger partial charge in [-0.1, -0.05) is 11.6 Å². The molecule has 0 aliphatic heterocycles. The van der Waals surface area contributed by atoms with Crippen LogP contribution in [-0.2, 0) is 0 Å². The largest absolute Gasteiger partial charge is 0.389 e. The smallest absolute Gasteiger partial charge is 0.253 e. The zero-order chi connectivity index (χ0) is 14.6. The first kappa shape index (κ1) is 15.7. The maximum atomic E-state index is 12.2. The number of hydrogen-bond donors (Lipinski definition) is 2. The third-order valence-corrected chi connectivity index (χ3v) is 2.56. The average Bonchev–Trinajstić information content (AvgIpc) is 2.25. The number of pyridine rings is 1. The van der Waals surface area contributed by atoms with Crippen LogP contribution in [0.25, 0.3) is 0 Å². The molecule has 2 N–H and O–H groups in total. The molecule has 0 spiro atoms. The Morgan fingerprint density at radius 2 is 2.16 bits per heavy atom. The summed E-state index contributed by atoms with van der Waals surface area (Å²) in [5.74, 6) is 0.362. The lowest BCUT2D eigenvalue weighted by Crippen LogP contribution is -2.39. The van der Waals surface area contributed by atoms with Crippen molar-refractivity contribution in [3.05, 3.63) is 22.8 Å². The minimum absolute atomic E-state index is 0.203. The van der Waals surface area contributed by atoms with Crippen molar-refractivity contribution < 1.29 is 9.90 Å². The summed E-state index contributed by atoms with van der Waals surface area (Å²) in [6, 6.07) is 3.17. The molecule has 106 valence electrons. The molecule has 6 heteroatoms. The molecule has 1 heterocycles. The number of nitrogens with zero attached hydrogens (tertiary/aromatic N) is 2. The van der Waals surface area contributed by atoms with Crippen LogP contribution in [0.1, 0.15) is 31.1 Å². The van der Waals surface area contributed by atoms with Gasteiger partial charge in [0.25, 0.3) is 5.91 Å². The number of carbonyl (C=O) groups is 1. The van der Waals surface area contributed by atoms with Gasteiger partial charge in [0.1, 0.15) is 11.0 Å². The molecule has 1 aromatic heterocycles. The van der Waals surface area contributed by atoms with E-state index in [1.165, 1.54) is 11.0 Å². The Bertz CT molecular complexity index is 458. The molecule has 0 fully saturated rings. The molecule has 19 heavy (non-hydrogen) atoms. The summed E-state index contributed by atoms with van der Waals surface area (Å²) in [4.78, 5) is 17.8. The first-order valence-electron chi connectivity index (χ1n) is 6.12. The van der Waals surface area contributed by atoms with E-state index in [2.05, 4.69) is 10.3 Å². The van der Waals surface area contributed by atoms with Crippen LogP contribution in [-0.4, -0.2) is 46.6 Å². The minimum atomic E-state index is -0.939. The van der Waals surface area contributed by atoms with Crippen molar-refractivity contribution in [3.8, 4) is 0 Å². The van der Waals surface area contributed by atoms with E-state index in [0.29, 0.717) is 17.9 Å². The van der Waals surface area contributed by atoms with Gasteiger partial charge in [0.05, 0.1) is 5.60 Å². The maximum absolute atomic E-state index is 12.2. The summed E-state index contributed by atoms with van der Waals surface area (Å²) >= 11 is 5.90. The fraction of sp³-hybridized carbons (Fsp3) is 0.538. The minimum Gasteiger partial charge on any atom is -0.389 e. The number of halogens is 1. The van der Waals surface area contributed by atoms with Crippen LogP contribution in [0.15, 0.2) is 12.1 Å². The highest BCUT2D eigenvalue weighted by Crippen LogP contribution is 2.16. The molecule has 0 radical (unpaired) electrons. The summed E-state index contributed by atoms with van der Waals surface area (Å²) in [5, 5.41) is 13.0. The predicted octanol–water partition coefficient (Wildman–Crippen LogP) is 2.01. The standard InChI is InChI=1S/C13H20ClN3O2/c1-5-15-11-7-9(6-10(14)16-11)12(18)17(4)8-13(2,3)19/h6-7,19H,5,8H2,1-4H3,(H,15,16). The van der Waals surface area contributed by atoms with Gasteiger partial charge < -0.3 is 15.3 Å². The quantitative estimate of drug-likeness (QED) is 0.812. The van der Waals surface area contributed by atoms with Gasteiger partial charge >= 0.3 is 0 Å². The van der Waals surface area contributed by atoms with Gasteiger partial charge in [0, 0.05) is 25.7 Å². The van der Waals surface area contributed by atoms with Gasteiger partial charge in [-0.3, -0.25) is 4.79 Å². The lowest BCUT2D eigenvalue weighted by atomic mass is 10.1. The zero-order valence-electron chi connectivity index (χ0n) is 11.7. The van der Waals surface area contributed by atoms with E-state index in [9.17, 15) is 9.90 Å². The Morgan fingerprint density at radius 1 is 1.53 bits per heavy atom. The van der Waals surface area contributed by atoms with Crippen LogP contribution in [0, 0.1) is 0 Å². The number of nitrogens with one attached hydrogen (secondary N) is 1. The highest BCUT2D eigenvalue weighted by molar-refractivity contribution is 6.29. The van der Waals surface area contributed by atoms with Crippen molar-refractivity contribution in [2.45, 2.75) is 26.4 Å². The van der Waals surface area contributed by atoms with Crippen LogP contribution in [0.4, 0.5) is 5.82 Å². The SMILES string of the molecule is CCNc1cc(C(=O)N(C)CC(C)(C)O)cc(Cl)n1. The van der Waals surface area contributed by atoms with Crippen molar-refractivity contribution in [2.24, 2.45) is 0 Å². The average molecular weight is 286 g/mol. The van der Waals surface area contributed by atoms with Gasteiger partial charge in [0.2, 0.25) is 0 Å². The molecule has 1 rings (SSSR count). The monoisotopic (exact) mass is 285 g/mol. The van der Waals surface area contributed by atoms with Crippen LogP contribution >= 0.6 is 11.6 Å². The maximum Gasteiger partial charge on any atom is 0.253 e. The van der Waals surface area contributed by atoms with E-state index in [1.807, 2.05) is 6.92 Å². The lowest BCUT2D eigenvalue weighted by molar-refractivity contribution is 0.0368. The van der Waals surface area contributed by atoms with Gasteiger partial charge in [0.15, 0.2) is 0 Å². The number of carbonyl (C=O) groups excluding carboxylic acids is 1. The van der Waals surface area contributed by atoms with Crippen molar-refractivity contribution in [1.82, 2.24) is 9.88 Å². The number of aliphatic hydroxyl groups is 1. The molecule has 0 aliphatic rings. The fourth-order valence-electron chi connectivity index (χ4n) is 1.76. The second-order valence-electron chi connectivity index (χ2n) is 5.07.